The highest BCUT2D eigenvalue weighted by molar-refractivity contribution is 6.74. The molecule has 0 saturated carbocycles. The van der Waals surface area contributed by atoms with Crippen LogP contribution in [0.4, 0.5) is 4.39 Å². The number of halogens is 1. The van der Waals surface area contributed by atoms with E-state index in [1.807, 2.05) is 18.3 Å². The lowest BCUT2D eigenvalue weighted by Gasteiger charge is -2.36. The molecule has 0 fully saturated rings. The van der Waals surface area contributed by atoms with Gasteiger partial charge in [0.05, 0.1) is 6.61 Å². The molecule has 1 aliphatic carbocycles. The molecule has 3 rings (SSSR count). The second-order valence-electron chi connectivity index (χ2n) is 8.55. The molecule has 0 aliphatic heterocycles. The average Bonchev–Trinajstić information content (AvgIpc) is 2.59. The lowest BCUT2D eigenvalue weighted by Crippen LogP contribution is -2.40. The van der Waals surface area contributed by atoms with Gasteiger partial charge in [0.25, 0.3) is 0 Å². The molecule has 0 amide bonds. The predicted molar refractivity (Wildman–Crippen MR) is 108 cm³/mol. The molecule has 2 nitrogen and oxygen atoms in total. The standard InChI is InChI=1S/C22H28FNOSi/c1-22(2,3)26(4,5)25-15-16-13-20-19(7-6-8-21(20)24-14-16)17-9-11-18(23)12-10-17/h7,9-14H,6,8,15H2,1-5H3. The Morgan fingerprint density at radius 3 is 2.50 bits per heavy atom. The quantitative estimate of drug-likeness (QED) is 0.606. The number of rotatable bonds is 4. The van der Waals surface area contributed by atoms with Gasteiger partial charge in [-0.15, -0.1) is 0 Å². The Hall–Kier alpha value is -1.78. The Balaban J connectivity index is 1.86. The van der Waals surface area contributed by atoms with E-state index in [1.54, 1.807) is 0 Å². The van der Waals surface area contributed by atoms with Crippen LogP contribution in [0.25, 0.3) is 5.57 Å². The maximum absolute atomic E-state index is 13.3. The van der Waals surface area contributed by atoms with Gasteiger partial charge < -0.3 is 4.43 Å². The van der Waals surface area contributed by atoms with Gasteiger partial charge in [-0.05, 0) is 65.9 Å². The fourth-order valence-electron chi connectivity index (χ4n) is 2.89. The highest BCUT2D eigenvalue weighted by Gasteiger charge is 2.37. The summed E-state index contributed by atoms with van der Waals surface area (Å²) in [5.41, 5.74) is 5.55. The van der Waals surface area contributed by atoms with Crippen LogP contribution in [0.15, 0.2) is 42.6 Å². The molecule has 4 heteroatoms. The topological polar surface area (TPSA) is 22.1 Å². The molecule has 1 aromatic carbocycles. The normalized spacial score (nSPS) is 14.8. The molecular weight excluding hydrogens is 341 g/mol. The number of benzene rings is 1. The van der Waals surface area contributed by atoms with Crippen LogP contribution in [-0.4, -0.2) is 13.3 Å². The number of allylic oxidation sites excluding steroid dienone is 1. The van der Waals surface area contributed by atoms with E-state index in [1.165, 1.54) is 12.1 Å². The van der Waals surface area contributed by atoms with Gasteiger partial charge in [0.1, 0.15) is 5.82 Å². The lowest BCUT2D eigenvalue weighted by atomic mass is 9.89. The summed E-state index contributed by atoms with van der Waals surface area (Å²) in [5, 5.41) is 0.188. The van der Waals surface area contributed by atoms with Crippen molar-refractivity contribution >= 4 is 13.9 Å². The number of pyridine rings is 1. The smallest absolute Gasteiger partial charge is 0.192 e. The first-order chi connectivity index (χ1) is 12.2. The van der Waals surface area contributed by atoms with Crippen molar-refractivity contribution in [3.05, 3.63) is 70.8 Å². The van der Waals surface area contributed by atoms with Crippen molar-refractivity contribution in [1.29, 1.82) is 0 Å². The molecule has 0 atom stereocenters. The number of fused-ring (bicyclic) bond motifs is 1. The largest absolute Gasteiger partial charge is 0.413 e. The minimum Gasteiger partial charge on any atom is -0.413 e. The molecule has 0 saturated heterocycles. The molecule has 2 aromatic rings. The van der Waals surface area contributed by atoms with Crippen LogP contribution in [0.2, 0.25) is 18.1 Å². The van der Waals surface area contributed by atoms with Crippen molar-refractivity contribution in [2.75, 3.05) is 0 Å². The first-order valence-electron chi connectivity index (χ1n) is 9.26. The Morgan fingerprint density at radius 2 is 1.85 bits per heavy atom. The van der Waals surface area contributed by atoms with Crippen LogP contribution in [-0.2, 0) is 17.5 Å². The summed E-state index contributed by atoms with van der Waals surface area (Å²) < 4.78 is 19.6. The minimum absolute atomic E-state index is 0.188. The first kappa shape index (κ1) is 19.0. The zero-order chi connectivity index (χ0) is 18.9. The fraction of sp³-hybridized carbons (Fsp3) is 0.409. The van der Waals surface area contributed by atoms with E-state index in [2.05, 4.69) is 46.0 Å². The third kappa shape index (κ3) is 3.97. The molecule has 0 radical (unpaired) electrons. The van der Waals surface area contributed by atoms with E-state index >= 15 is 0 Å². The number of hydrogen-bond donors (Lipinski definition) is 0. The maximum atomic E-state index is 13.3. The SMILES string of the molecule is CC(C)(C)[Si](C)(C)OCc1cnc2c(c1)C(c1ccc(F)cc1)=CCC2. The average molecular weight is 370 g/mol. The van der Waals surface area contributed by atoms with Crippen LogP contribution < -0.4 is 0 Å². The summed E-state index contributed by atoms with van der Waals surface area (Å²) in [5.74, 6) is -0.208. The molecule has 1 aliphatic rings. The van der Waals surface area contributed by atoms with Gasteiger partial charge in [-0.2, -0.15) is 0 Å². The zero-order valence-corrected chi connectivity index (χ0v) is 17.4. The third-order valence-electron chi connectivity index (χ3n) is 5.61. The lowest BCUT2D eigenvalue weighted by molar-refractivity contribution is 0.276. The van der Waals surface area contributed by atoms with E-state index in [9.17, 15) is 4.39 Å². The van der Waals surface area contributed by atoms with Crippen LogP contribution in [0.1, 0.15) is 49.6 Å². The van der Waals surface area contributed by atoms with Crippen molar-refractivity contribution in [2.24, 2.45) is 0 Å². The molecule has 0 unspecified atom stereocenters. The van der Waals surface area contributed by atoms with Gasteiger partial charge in [0, 0.05) is 17.5 Å². The van der Waals surface area contributed by atoms with E-state index in [-0.39, 0.29) is 10.9 Å². The van der Waals surface area contributed by atoms with Crippen molar-refractivity contribution in [3.63, 3.8) is 0 Å². The minimum atomic E-state index is -1.79. The van der Waals surface area contributed by atoms with E-state index in [0.29, 0.717) is 6.61 Å². The number of nitrogens with zero attached hydrogens (tertiary/aromatic N) is 1. The zero-order valence-electron chi connectivity index (χ0n) is 16.4. The van der Waals surface area contributed by atoms with Crippen LogP contribution in [0, 0.1) is 5.82 Å². The molecular formula is C22H28FNOSi. The maximum Gasteiger partial charge on any atom is 0.192 e. The molecule has 0 spiro atoms. The molecule has 0 N–H and O–H groups in total. The number of hydrogen-bond acceptors (Lipinski definition) is 2. The number of aromatic nitrogens is 1. The van der Waals surface area contributed by atoms with Gasteiger partial charge in [0.15, 0.2) is 8.32 Å². The molecule has 26 heavy (non-hydrogen) atoms. The van der Waals surface area contributed by atoms with Crippen LogP contribution in [0.5, 0.6) is 0 Å². The predicted octanol–water partition coefficient (Wildman–Crippen LogP) is 6.12. The molecule has 138 valence electrons. The molecule has 1 heterocycles. The van der Waals surface area contributed by atoms with Gasteiger partial charge in [-0.3, -0.25) is 4.98 Å². The molecule has 0 bridgehead atoms. The summed E-state index contributed by atoms with van der Waals surface area (Å²) in [4.78, 5) is 4.70. The van der Waals surface area contributed by atoms with Gasteiger partial charge in [-0.1, -0.05) is 39.0 Å². The Morgan fingerprint density at radius 1 is 1.15 bits per heavy atom. The van der Waals surface area contributed by atoms with Crippen molar-refractivity contribution in [2.45, 2.75) is 58.4 Å². The summed E-state index contributed by atoms with van der Waals surface area (Å²) in [6, 6.07) is 8.92. The van der Waals surface area contributed by atoms with Crippen molar-refractivity contribution < 1.29 is 8.82 Å². The van der Waals surface area contributed by atoms with Gasteiger partial charge in [0.2, 0.25) is 0 Å². The van der Waals surface area contributed by atoms with E-state index in [4.69, 9.17) is 9.41 Å². The van der Waals surface area contributed by atoms with Crippen molar-refractivity contribution in [1.82, 2.24) is 4.98 Å². The van der Waals surface area contributed by atoms with Crippen LogP contribution in [0.3, 0.4) is 0 Å². The third-order valence-corrected chi connectivity index (χ3v) is 10.1. The Bertz CT molecular complexity index is 819. The summed E-state index contributed by atoms with van der Waals surface area (Å²) in [6.07, 6.45) is 6.09. The Kier molecular flexibility index (Phi) is 5.18. The highest BCUT2D eigenvalue weighted by Crippen LogP contribution is 2.37. The summed E-state index contributed by atoms with van der Waals surface area (Å²) >= 11 is 0. The highest BCUT2D eigenvalue weighted by atomic mass is 28.4. The molecule has 1 aromatic heterocycles. The van der Waals surface area contributed by atoms with E-state index in [0.717, 1.165) is 40.8 Å². The second-order valence-corrected chi connectivity index (χ2v) is 13.4. The van der Waals surface area contributed by atoms with Gasteiger partial charge in [-0.25, -0.2) is 4.39 Å². The summed E-state index contributed by atoms with van der Waals surface area (Å²) in [6.45, 7) is 11.9. The van der Waals surface area contributed by atoms with E-state index < -0.39 is 8.32 Å². The monoisotopic (exact) mass is 369 g/mol. The number of aryl methyl sites for hydroxylation is 1. The van der Waals surface area contributed by atoms with Crippen LogP contribution >= 0.6 is 0 Å². The fourth-order valence-corrected chi connectivity index (χ4v) is 3.85. The first-order valence-corrected chi connectivity index (χ1v) is 12.2. The Labute approximate surface area is 157 Å². The second kappa shape index (κ2) is 7.09. The summed E-state index contributed by atoms with van der Waals surface area (Å²) in [7, 11) is -1.79. The van der Waals surface area contributed by atoms with Crippen molar-refractivity contribution in [3.8, 4) is 0 Å². The van der Waals surface area contributed by atoms with Gasteiger partial charge >= 0.3 is 0 Å².